The Morgan fingerprint density at radius 2 is 0.623 bits per heavy atom. The third-order valence-electron chi connectivity index (χ3n) is 12.1. The molecule has 0 fully saturated rings. The maximum absolute atomic E-state index is 2.36. The zero-order valence-corrected chi connectivity index (χ0v) is 33.6. The Morgan fingerprint density at radius 1 is 0.197 bits per heavy atom. The van der Waals surface area contributed by atoms with Gasteiger partial charge in [0.15, 0.2) is 0 Å². The summed E-state index contributed by atoms with van der Waals surface area (Å²) < 4.78 is 0. The molecule has 11 rings (SSSR count). The van der Waals surface area contributed by atoms with Gasteiger partial charge in [-0.3, -0.25) is 0 Å². The van der Waals surface area contributed by atoms with Crippen LogP contribution in [0.5, 0.6) is 0 Å². The minimum Gasteiger partial charge on any atom is -0.311 e. The molecule has 286 valence electrons. The second-order valence-corrected chi connectivity index (χ2v) is 15.8. The van der Waals surface area contributed by atoms with Gasteiger partial charge in [0.25, 0.3) is 0 Å². The zero-order chi connectivity index (χ0) is 40.5. The Kier molecular flexibility index (Phi) is 9.26. The molecule has 0 N–H and O–H groups in total. The standard InChI is InChI=1S/C60H41N/c1-2-13-47(14-3-1)60-41-52(31-38-59(60)53-24-22-43-12-5-7-17-50(43)40-53)45-27-34-55(35-28-45)61(54-32-25-44(26-33-54)51-23-21-42-11-4-6-16-49(42)39-51)56-36-29-48(30-37-56)58-20-10-18-46-15-8-9-19-57(46)58/h1-41H. The van der Waals surface area contributed by atoms with Crippen LogP contribution in [0.25, 0.3) is 88.0 Å². The fourth-order valence-corrected chi connectivity index (χ4v) is 8.88. The predicted octanol–water partition coefficient (Wildman–Crippen LogP) is 17.0. The summed E-state index contributed by atoms with van der Waals surface area (Å²) in [5.41, 5.74) is 15.3. The van der Waals surface area contributed by atoms with Crippen LogP contribution in [-0.2, 0) is 0 Å². The van der Waals surface area contributed by atoms with Gasteiger partial charge >= 0.3 is 0 Å². The quantitative estimate of drug-likeness (QED) is 0.149. The average molecular weight is 776 g/mol. The first kappa shape index (κ1) is 36.1. The van der Waals surface area contributed by atoms with Gasteiger partial charge < -0.3 is 4.90 Å². The van der Waals surface area contributed by atoms with E-state index in [1.54, 1.807) is 0 Å². The molecule has 11 aromatic carbocycles. The van der Waals surface area contributed by atoms with E-state index in [-0.39, 0.29) is 0 Å². The predicted molar refractivity (Wildman–Crippen MR) is 261 cm³/mol. The Morgan fingerprint density at radius 3 is 1.25 bits per heavy atom. The number of hydrogen-bond donors (Lipinski definition) is 0. The summed E-state index contributed by atoms with van der Waals surface area (Å²) in [5.74, 6) is 0. The first-order chi connectivity index (χ1) is 30.2. The van der Waals surface area contributed by atoms with Crippen LogP contribution in [0.4, 0.5) is 17.1 Å². The molecule has 0 aliphatic rings. The van der Waals surface area contributed by atoms with Crippen molar-refractivity contribution in [2.75, 3.05) is 4.90 Å². The molecule has 11 aromatic rings. The lowest BCUT2D eigenvalue weighted by Crippen LogP contribution is -2.09. The molecule has 0 amide bonds. The van der Waals surface area contributed by atoms with Gasteiger partial charge in [0.2, 0.25) is 0 Å². The molecule has 0 radical (unpaired) electrons. The Labute approximate surface area is 357 Å². The van der Waals surface area contributed by atoms with E-state index in [0.717, 1.165) is 17.1 Å². The smallest absolute Gasteiger partial charge is 0.0462 e. The topological polar surface area (TPSA) is 3.24 Å². The SMILES string of the molecule is c1ccc(-c2cc(-c3ccc(N(c4ccc(-c5ccc6ccccc6c5)cc4)c4ccc(-c5cccc6ccccc56)cc4)cc3)ccc2-c2ccc3ccccc3c2)cc1. The van der Waals surface area contributed by atoms with Crippen molar-refractivity contribution in [3.63, 3.8) is 0 Å². The van der Waals surface area contributed by atoms with E-state index in [1.807, 2.05) is 0 Å². The first-order valence-electron chi connectivity index (χ1n) is 21.0. The fourth-order valence-electron chi connectivity index (χ4n) is 8.88. The Balaban J connectivity index is 0.973. The molecule has 0 aliphatic carbocycles. The maximum atomic E-state index is 2.36. The molecule has 0 aliphatic heterocycles. The Bertz CT molecular complexity index is 3320. The maximum Gasteiger partial charge on any atom is 0.0462 e. The van der Waals surface area contributed by atoms with Crippen LogP contribution in [0.15, 0.2) is 249 Å². The summed E-state index contributed by atoms with van der Waals surface area (Å²) in [6.45, 7) is 0. The molecule has 61 heavy (non-hydrogen) atoms. The minimum atomic E-state index is 1.09. The van der Waals surface area contributed by atoms with Gasteiger partial charge in [0.1, 0.15) is 0 Å². The number of nitrogens with zero attached hydrogens (tertiary/aromatic N) is 1. The molecule has 0 heterocycles. The molecule has 0 aromatic heterocycles. The zero-order valence-electron chi connectivity index (χ0n) is 33.6. The third-order valence-corrected chi connectivity index (χ3v) is 12.1. The number of anilines is 3. The van der Waals surface area contributed by atoms with Crippen LogP contribution in [0.1, 0.15) is 0 Å². The van der Waals surface area contributed by atoms with Gasteiger partial charge in [-0.25, -0.2) is 0 Å². The number of rotatable bonds is 8. The Hall–Kier alpha value is -8.00. The largest absolute Gasteiger partial charge is 0.311 e. The monoisotopic (exact) mass is 775 g/mol. The molecule has 0 unspecified atom stereocenters. The van der Waals surface area contributed by atoms with Crippen LogP contribution in [0.3, 0.4) is 0 Å². The van der Waals surface area contributed by atoms with Crippen molar-refractivity contribution in [1.82, 2.24) is 0 Å². The molecule has 0 atom stereocenters. The number of benzene rings is 11. The lowest BCUT2D eigenvalue weighted by atomic mass is 9.90. The van der Waals surface area contributed by atoms with Crippen molar-refractivity contribution in [1.29, 1.82) is 0 Å². The molecule has 0 saturated carbocycles. The molecule has 1 nitrogen and oxygen atoms in total. The summed E-state index contributed by atoms with van der Waals surface area (Å²) in [6.07, 6.45) is 0. The van der Waals surface area contributed by atoms with Crippen molar-refractivity contribution in [2.24, 2.45) is 0 Å². The van der Waals surface area contributed by atoms with Gasteiger partial charge in [-0.2, -0.15) is 0 Å². The average Bonchev–Trinajstić information content (AvgIpc) is 3.34. The van der Waals surface area contributed by atoms with E-state index in [2.05, 4.69) is 254 Å². The number of fused-ring (bicyclic) bond motifs is 3. The van der Waals surface area contributed by atoms with E-state index >= 15 is 0 Å². The van der Waals surface area contributed by atoms with Crippen LogP contribution >= 0.6 is 0 Å². The third kappa shape index (κ3) is 7.03. The minimum absolute atomic E-state index is 1.09. The summed E-state index contributed by atoms with van der Waals surface area (Å²) >= 11 is 0. The second kappa shape index (κ2) is 15.6. The molecule has 0 bridgehead atoms. The summed E-state index contributed by atoms with van der Waals surface area (Å²) in [6, 6.07) is 90.5. The first-order valence-corrected chi connectivity index (χ1v) is 21.0. The van der Waals surface area contributed by atoms with Crippen LogP contribution in [0, 0.1) is 0 Å². The molecule has 0 spiro atoms. The summed E-state index contributed by atoms with van der Waals surface area (Å²) in [4.78, 5) is 2.36. The van der Waals surface area contributed by atoms with Crippen molar-refractivity contribution in [3.8, 4) is 55.6 Å². The van der Waals surface area contributed by atoms with E-state index < -0.39 is 0 Å². The summed E-state index contributed by atoms with van der Waals surface area (Å²) in [5, 5.41) is 7.50. The highest BCUT2D eigenvalue weighted by Gasteiger charge is 2.16. The lowest BCUT2D eigenvalue weighted by molar-refractivity contribution is 1.28. The second-order valence-electron chi connectivity index (χ2n) is 15.8. The highest BCUT2D eigenvalue weighted by Crippen LogP contribution is 2.41. The normalized spacial score (nSPS) is 11.3. The van der Waals surface area contributed by atoms with Crippen LogP contribution in [0.2, 0.25) is 0 Å². The van der Waals surface area contributed by atoms with Gasteiger partial charge in [-0.15, -0.1) is 0 Å². The van der Waals surface area contributed by atoms with Crippen molar-refractivity contribution in [3.05, 3.63) is 249 Å². The molecular formula is C60H41N. The highest BCUT2D eigenvalue weighted by molar-refractivity contribution is 5.97. The molecule has 0 saturated heterocycles. The van der Waals surface area contributed by atoms with Crippen LogP contribution in [-0.4, -0.2) is 0 Å². The fraction of sp³-hybridized carbons (Fsp3) is 0. The van der Waals surface area contributed by atoms with E-state index in [9.17, 15) is 0 Å². The van der Waals surface area contributed by atoms with Crippen molar-refractivity contribution < 1.29 is 0 Å². The molecule has 1 heteroatoms. The van der Waals surface area contributed by atoms with Gasteiger partial charge in [0, 0.05) is 17.1 Å². The van der Waals surface area contributed by atoms with E-state index in [4.69, 9.17) is 0 Å². The lowest BCUT2D eigenvalue weighted by Gasteiger charge is -2.26. The van der Waals surface area contributed by atoms with Crippen molar-refractivity contribution in [2.45, 2.75) is 0 Å². The molecular weight excluding hydrogens is 735 g/mol. The van der Waals surface area contributed by atoms with Gasteiger partial charge in [0.05, 0.1) is 0 Å². The van der Waals surface area contributed by atoms with E-state index in [1.165, 1.54) is 88.0 Å². The van der Waals surface area contributed by atoms with Crippen molar-refractivity contribution >= 4 is 49.4 Å². The number of hydrogen-bond acceptors (Lipinski definition) is 1. The van der Waals surface area contributed by atoms with Gasteiger partial charge in [-0.05, 0) is 143 Å². The highest BCUT2D eigenvalue weighted by atomic mass is 15.1. The summed E-state index contributed by atoms with van der Waals surface area (Å²) in [7, 11) is 0. The van der Waals surface area contributed by atoms with Crippen LogP contribution < -0.4 is 4.90 Å². The van der Waals surface area contributed by atoms with Gasteiger partial charge in [-0.1, -0.05) is 194 Å². The van der Waals surface area contributed by atoms with E-state index in [0.29, 0.717) is 0 Å².